The average molecular weight is 420 g/mol. The van der Waals surface area contributed by atoms with Crippen molar-refractivity contribution >= 4 is 21.7 Å². The maximum absolute atomic E-state index is 12.7. The number of rotatable bonds is 5. The summed E-state index contributed by atoms with van der Waals surface area (Å²) < 4.78 is 32.5. The zero-order valence-electron chi connectivity index (χ0n) is 17.3. The highest BCUT2D eigenvalue weighted by Gasteiger charge is 2.32. The van der Waals surface area contributed by atoms with Gasteiger partial charge in [-0.3, -0.25) is 0 Å². The summed E-state index contributed by atoms with van der Waals surface area (Å²) in [5.74, 6) is 0.816. The molecule has 2 amide bonds. The third-order valence-corrected chi connectivity index (χ3v) is 7.27. The summed E-state index contributed by atoms with van der Waals surface area (Å²) >= 11 is 0. The molecule has 1 aliphatic heterocycles. The van der Waals surface area contributed by atoms with Crippen LogP contribution in [0.5, 0.6) is 0 Å². The van der Waals surface area contributed by atoms with Crippen LogP contribution in [0.3, 0.4) is 0 Å². The number of furan rings is 1. The molecule has 2 N–H and O–H groups in total. The third kappa shape index (κ3) is 5.00. The van der Waals surface area contributed by atoms with Crippen molar-refractivity contribution in [3.05, 3.63) is 42.2 Å². The zero-order chi connectivity index (χ0) is 21.2. The highest BCUT2D eigenvalue weighted by atomic mass is 32.2. The molecule has 1 fully saturated rings. The molecule has 1 aromatic carbocycles. The first-order chi connectivity index (χ1) is 13.7. The number of hydrogen-bond acceptors (Lipinski definition) is 4. The fourth-order valence-corrected chi connectivity index (χ4v) is 4.49. The van der Waals surface area contributed by atoms with E-state index < -0.39 is 15.3 Å². The predicted molar refractivity (Wildman–Crippen MR) is 114 cm³/mol. The normalized spacial score (nSPS) is 20.1. The number of urea groups is 1. The predicted octanol–water partition coefficient (Wildman–Crippen LogP) is 3.83. The van der Waals surface area contributed by atoms with Crippen LogP contribution in [-0.4, -0.2) is 43.7 Å². The van der Waals surface area contributed by atoms with E-state index in [2.05, 4.69) is 10.0 Å². The second kappa shape index (κ2) is 8.59. The smallest absolute Gasteiger partial charge is 0.321 e. The third-order valence-electron chi connectivity index (χ3n) is 5.40. The van der Waals surface area contributed by atoms with Gasteiger partial charge in [0.1, 0.15) is 5.76 Å². The van der Waals surface area contributed by atoms with Crippen molar-refractivity contribution in [3.8, 4) is 11.3 Å². The molecule has 2 aromatic rings. The van der Waals surface area contributed by atoms with Crippen LogP contribution in [0.4, 0.5) is 10.5 Å². The first-order valence-electron chi connectivity index (χ1n) is 9.89. The standard InChI is InChI=1S/C21H29N3O4S/c1-14(2)29(26,27)23-19-9-10-24(13-16(19)4)21(25)22-18-8-7-17(12-15(18)3)20-6-5-11-28-20/h5-8,11-12,14,16,19,23H,9-10,13H2,1-4H3,(H,22,25). The summed E-state index contributed by atoms with van der Waals surface area (Å²) in [7, 11) is -3.32. The lowest BCUT2D eigenvalue weighted by Gasteiger charge is -2.37. The number of aryl methyl sites for hydroxylation is 1. The van der Waals surface area contributed by atoms with Gasteiger partial charge in [-0.05, 0) is 69.0 Å². The number of amides is 2. The summed E-state index contributed by atoms with van der Waals surface area (Å²) in [6, 6.07) is 9.17. The molecule has 158 valence electrons. The molecule has 8 heteroatoms. The van der Waals surface area contributed by atoms with E-state index in [1.54, 1.807) is 25.0 Å². The minimum absolute atomic E-state index is 0.0328. The Hall–Kier alpha value is -2.32. The Morgan fingerprint density at radius 3 is 2.62 bits per heavy atom. The maximum Gasteiger partial charge on any atom is 0.321 e. The topological polar surface area (TPSA) is 91.7 Å². The van der Waals surface area contributed by atoms with Gasteiger partial charge in [0, 0.05) is 30.4 Å². The molecule has 0 saturated carbocycles. The first kappa shape index (κ1) is 21.4. The van der Waals surface area contributed by atoms with E-state index in [1.807, 2.05) is 44.2 Å². The van der Waals surface area contributed by atoms with Crippen LogP contribution in [0.2, 0.25) is 0 Å². The Kier molecular flexibility index (Phi) is 6.33. The van der Waals surface area contributed by atoms with Crippen LogP contribution in [-0.2, 0) is 10.0 Å². The molecule has 2 heterocycles. The van der Waals surface area contributed by atoms with Crippen LogP contribution in [0, 0.1) is 12.8 Å². The van der Waals surface area contributed by atoms with E-state index in [4.69, 9.17) is 4.42 Å². The Morgan fingerprint density at radius 2 is 2.03 bits per heavy atom. The van der Waals surface area contributed by atoms with Gasteiger partial charge in [0.2, 0.25) is 10.0 Å². The number of likely N-dealkylation sites (tertiary alicyclic amines) is 1. The largest absolute Gasteiger partial charge is 0.464 e. The van der Waals surface area contributed by atoms with Crippen molar-refractivity contribution in [2.24, 2.45) is 5.92 Å². The maximum atomic E-state index is 12.7. The number of carbonyl (C=O) groups is 1. The number of anilines is 1. The van der Waals surface area contributed by atoms with Crippen molar-refractivity contribution in [1.82, 2.24) is 9.62 Å². The molecule has 0 spiro atoms. The molecule has 1 aromatic heterocycles. The summed E-state index contributed by atoms with van der Waals surface area (Å²) in [5, 5.41) is 2.50. The van der Waals surface area contributed by atoms with E-state index in [0.29, 0.717) is 19.5 Å². The molecule has 0 bridgehead atoms. The van der Waals surface area contributed by atoms with Crippen molar-refractivity contribution < 1.29 is 17.6 Å². The molecule has 1 aliphatic rings. The Bertz CT molecular complexity index is 954. The van der Waals surface area contributed by atoms with Crippen molar-refractivity contribution in [2.75, 3.05) is 18.4 Å². The molecule has 2 unspecified atom stereocenters. The van der Waals surface area contributed by atoms with Gasteiger partial charge >= 0.3 is 6.03 Å². The van der Waals surface area contributed by atoms with Crippen LogP contribution in [0.25, 0.3) is 11.3 Å². The Morgan fingerprint density at radius 1 is 1.28 bits per heavy atom. The highest BCUT2D eigenvalue weighted by Crippen LogP contribution is 2.26. The summed E-state index contributed by atoms with van der Waals surface area (Å²) in [6.45, 7) is 8.24. The number of benzene rings is 1. The molecular formula is C21H29N3O4S. The lowest BCUT2D eigenvalue weighted by atomic mass is 9.95. The summed E-state index contributed by atoms with van der Waals surface area (Å²) in [4.78, 5) is 14.5. The Balaban J connectivity index is 1.61. The van der Waals surface area contributed by atoms with Crippen molar-refractivity contribution in [3.63, 3.8) is 0 Å². The van der Waals surface area contributed by atoms with E-state index in [1.165, 1.54) is 0 Å². The minimum atomic E-state index is -3.32. The van der Waals surface area contributed by atoms with Gasteiger partial charge in [-0.25, -0.2) is 17.9 Å². The van der Waals surface area contributed by atoms with Crippen LogP contribution in [0.1, 0.15) is 32.8 Å². The van der Waals surface area contributed by atoms with Gasteiger partial charge < -0.3 is 14.6 Å². The van der Waals surface area contributed by atoms with E-state index in [0.717, 1.165) is 22.6 Å². The molecular weight excluding hydrogens is 390 g/mol. The van der Waals surface area contributed by atoms with E-state index in [-0.39, 0.29) is 18.0 Å². The molecule has 1 saturated heterocycles. The highest BCUT2D eigenvalue weighted by molar-refractivity contribution is 7.90. The van der Waals surface area contributed by atoms with Crippen molar-refractivity contribution in [2.45, 2.75) is 45.4 Å². The van der Waals surface area contributed by atoms with Gasteiger partial charge in [-0.1, -0.05) is 6.92 Å². The zero-order valence-corrected chi connectivity index (χ0v) is 18.1. The van der Waals surface area contributed by atoms with Crippen LogP contribution < -0.4 is 10.0 Å². The van der Waals surface area contributed by atoms with Gasteiger partial charge in [-0.2, -0.15) is 0 Å². The molecule has 7 nitrogen and oxygen atoms in total. The van der Waals surface area contributed by atoms with E-state index in [9.17, 15) is 13.2 Å². The number of nitrogens with zero attached hydrogens (tertiary/aromatic N) is 1. The molecule has 0 aliphatic carbocycles. The van der Waals surface area contributed by atoms with Crippen molar-refractivity contribution in [1.29, 1.82) is 0 Å². The summed E-state index contributed by atoms with van der Waals surface area (Å²) in [6.07, 6.45) is 2.23. The fourth-order valence-electron chi connectivity index (χ4n) is 3.45. The van der Waals surface area contributed by atoms with Gasteiger partial charge in [-0.15, -0.1) is 0 Å². The number of nitrogens with one attached hydrogen (secondary N) is 2. The number of piperidine rings is 1. The Labute approximate surface area is 172 Å². The second-order valence-corrected chi connectivity index (χ2v) is 10.2. The summed E-state index contributed by atoms with van der Waals surface area (Å²) in [5.41, 5.74) is 2.65. The quantitative estimate of drug-likeness (QED) is 0.771. The van der Waals surface area contributed by atoms with Gasteiger partial charge in [0.25, 0.3) is 0 Å². The van der Waals surface area contributed by atoms with E-state index >= 15 is 0 Å². The lowest BCUT2D eigenvalue weighted by Crippen LogP contribution is -2.53. The molecule has 0 radical (unpaired) electrons. The first-order valence-corrected chi connectivity index (χ1v) is 11.4. The van der Waals surface area contributed by atoms with Gasteiger partial charge in [0.05, 0.1) is 11.5 Å². The number of carbonyl (C=O) groups excluding carboxylic acids is 1. The fraction of sp³-hybridized carbons (Fsp3) is 0.476. The number of hydrogen-bond donors (Lipinski definition) is 2. The average Bonchev–Trinajstić information content (AvgIpc) is 3.19. The SMILES string of the molecule is Cc1cc(-c2ccco2)ccc1NC(=O)N1CCC(NS(=O)(=O)C(C)C)C(C)C1. The molecule has 29 heavy (non-hydrogen) atoms. The molecule has 2 atom stereocenters. The monoisotopic (exact) mass is 419 g/mol. The molecule has 3 rings (SSSR count). The number of sulfonamides is 1. The van der Waals surface area contributed by atoms with Crippen LogP contribution >= 0.6 is 0 Å². The second-order valence-electron chi connectivity index (χ2n) is 7.97. The lowest BCUT2D eigenvalue weighted by molar-refractivity contribution is 0.167. The minimum Gasteiger partial charge on any atom is -0.464 e. The van der Waals surface area contributed by atoms with Crippen LogP contribution in [0.15, 0.2) is 41.0 Å². The van der Waals surface area contributed by atoms with Gasteiger partial charge in [0.15, 0.2) is 0 Å².